The summed E-state index contributed by atoms with van der Waals surface area (Å²) in [4.78, 5) is 1.99. The maximum atomic E-state index is 13.9. The first-order chi connectivity index (χ1) is 10.1. The number of fused-ring (bicyclic) bond motifs is 1. The molecule has 1 aliphatic heterocycles. The molecule has 1 atom stereocenters. The van der Waals surface area contributed by atoms with Crippen molar-refractivity contribution in [3.8, 4) is 0 Å². The van der Waals surface area contributed by atoms with E-state index in [9.17, 15) is 13.2 Å². The Bertz CT molecular complexity index is 673. The predicted octanol–water partition coefficient (Wildman–Crippen LogP) is 3.92. The topological polar surface area (TPSA) is 15.3 Å². The van der Waals surface area contributed by atoms with E-state index in [-0.39, 0.29) is 18.2 Å². The highest BCUT2D eigenvalue weighted by atomic mass is 19.2. The van der Waals surface area contributed by atoms with Gasteiger partial charge in [-0.05, 0) is 25.1 Å². The highest BCUT2D eigenvalue weighted by Crippen LogP contribution is 2.32. The van der Waals surface area contributed by atoms with Gasteiger partial charge in [0.2, 0.25) is 0 Å². The van der Waals surface area contributed by atoms with Crippen LogP contribution in [-0.4, -0.2) is 12.6 Å². The summed E-state index contributed by atoms with van der Waals surface area (Å²) in [5.74, 6) is -3.69. The summed E-state index contributed by atoms with van der Waals surface area (Å²) in [6.07, 6.45) is 0. The van der Waals surface area contributed by atoms with Crippen LogP contribution in [0.25, 0.3) is 0 Å². The van der Waals surface area contributed by atoms with Gasteiger partial charge < -0.3 is 10.2 Å². The van der Waals surface area contributed by atoms with Gasteiger partial charge in [0.05, 0.1) is 11.4 Å². The molecule has 0 fully saturated rings. The summed E-state index contributed by atoms with van der Waals surface area (Å²) in [7, 11) is 0. The molecule has 0 aromatic heterocycles. The van der Waals surface area contributed by atoms with Crippen molar-refractivity contribution >= 4 is 11.4 Å². The van der Waals surface area contributed by atoms with E-state index in [4.69, 9.17) is 0 Å². The first kappa shape index (κ1) is 13.8. The van der Waals surface area contributed by atoms with Gasteiger partial charge >= 0.3 is 0 Å². The van der Waals surface area contributed by atoms with Gasteiger partial charge in [0.25, 0.3) is 0 Å². The molecule has 1 heterocycles. The van der Waals surface area contributed by atoms with Crippen LogP contribution in [0.4, 0.5) is 24.5 Å². The molecule has 0 amide bonds. The SMILES string of the molecule is CC1CNc2ccccc2N1Cc1ccc(F)c(F)c1F. The minimum Gasteiger partial charge on any atom is -0.381 e. The molecule has 0 aliphatic carbocycles. The van der Waals surface area contributed by atoms with Crippen molar-refractivity contribution in [2.75, 3.05) is 16.8 Å². The molecule has 0 bridgehead atoms. The van der Waals surface area contributed by atoms with E-state index in [0.717, 1.165) is 17.4 Å². The number of nitrogens with zero attached hydrogens (tertiary/aromatic N) is 1. The molecule has 0 saturated carbocycles. The molecule has 3 rings (SSSR count). The summed E-state index contributed by atoms with van der Waals surface area (Å²) < 4.78 is 40.2. The number of para-hydroxylation sites is 2. The molecule has 1 N–H and O–H groups in total. The van der Waals surface area contributed by atoms with E-state index in [1.807, 2.05) is 36.1 Å². The largest absolute Gasteiger partial charge is 0.381 e. The van der Waals surface area contributed by atoms with Crippen molar-refractivity contribution in [2.24, 2.45) is 0 Å². The molecule has 110 valence electrons. The van der Waals surface area contributed by atoms with E-state index < -0.39 is 17.5 Å². The smallest absolute Gasteiger partial charge is 0.194 e. The fraction of sp³-hybridized carbons (Fsp3) is 0.250. The molecule has 0 spiro atoms. The number of anilines is 2. The summed E-state index contributed by atoms with van der Waals surface area (Å²) in [6.45, 7) is 2.91. The molecule has 2 aromatic rings. The van der Waals surface area contributed by atoms with Crippen LogP contribution in [-0.2, 0) is 6.54 Å². The monoisotopic (exact) mass is 292 g/mol. The fourth-order valence-electron chi connectivity index (χ4n) is 2.59. The lowest BCUT2D eigenvalue weighted by molar-refractivity contribution is 0.439. The van der Waals surface area contributed by atoms with Crippen molar-refractivity contribution in [3.05, 3.63) is 59.4 Å². The van der Waals surface area contributed by atoms with Crippen LogP contribution in [0, 0.1) is 17.5 Å². The second-order valence-corrected chi connectivity index (χ2v) is 5.21. The van der Waals surface area contributed by atoms with Gasteiger partial charge in [0.1, 0.15) is 0 Å². The Kier molecular flexibility index (Phi) is 3.49. The van der Waals surface area contributed by atoms with Crippen LogP contribution in [0.1, 0.15) is 12.5 Å². The summed E-state index contributed by atoms with van der Waals surface area (Å²) in [5.41, 5.74) is 2.04. The van der Waals surface area contributed by atoms with E-state index in [0.29, 0.717) is 6.54 Å². The number of halogens is 3. The van der Waals surface area contributed by atoms with Gasteiger partial charge in [-0.1, -0.05) is 18.2 Å². The first-order valence-electron chi connectivity index (χ1n) is 6.80. The highest BCUT2D eigenvalue weighted by Gasteiger charge is 2.24. The summed E-state index contributed by atoms with van der Waals surface area (Å²) in [6, 6.07) is 10.1. The Morgan fingerprint density at radius 1 is 1.10 bits per heavy atom. The Hall–Kier alpha value is -2.17. The third-order valence-corrected chi connectivity index (χ3v) is 3.79. The second kappa shape index (κ2) is 5.31. The number of rotatable bonds is 2. The predicted molar refractivity (Wildman–Crippen MR) is 76.9 cm³/mol. The Morgan fingerprint density at radius 3 is 2.67 bits per heavy atom. The van der Waals surface area contributed by atoms with Crippen LogP contribution in [0.2, 0.25) is 0 Å². The molecular formula is C16H15F3N2. The normalized spacial score (nSPS) is 17.3. The van der Waals surface area contributed by atoms with E-state index in [1.54, 1.807) is 0 Å². The third-order valence-electron chi connectivity index (χ3n) is 3.79. The number of hydrogen-bond acceptors (Lipinski definition) is 2. The molecule has 1 aliphatic rings. The lowest BCUT2D eigenvalue weighted by Crippen LogP contribution is -2.41. The average Bonchev–Trinajstić information content (AvgIpc) is 2.50. The standard InChI is InChI=1S/C16H15F3N2/c1-10-8-20-13-4-2-3-5-14(13)21(10)9-11-6-7-12(17)16(19)15(11)18/h2-7,10,20H,8-9H2,1H3. The van der Waals surface area contributed by atoms with Crippen molar-refractivity contribution in [1.82, 2.24) is 0 Å². The Morgan fingerprint density at radius 2 is 1.86 bits per heavy atom. The quantitative estimate of drug-likeness (QED) is 0.844. The maximum absolute atomic E-state index is 13.9. The van der Waals surface area contributed by atoms with Gasteiger partial charge in [-0.3, -0.25) is 0 Å². The van der Waals surface area contributed by atoms with Crippen LogP contribution in [0.3, 0.4) is 0 Å². The van der Waals surface area contributed by atoms with Crippen molar-refractivity contribution in [2.45, 2.75) is 19.5 Å². The fourth-order valence-corrected chi connectivity index (χ4v) is 2.59. The summed E-state index contributed by atoms with van der Waals surface area (Å²) in [5, 5.41) is 3.29. The van der Waals surface area contributed by atoms with Crippen LogP contribution < -0.4 is 10.2 Å². The first-order valence-corrected chi connectivity index (χ1v) is 6.80. The number of hydrogen-bond donors (Lipinski definition) is 1. The van der Waals surface area contributed by atoms with Gasteiger partial charge in [-0.2, -0.15) is 0 Å². The van der Waals surface area contributed by atoms with Crippen LogP contribution in [0.5, 0.6) is 0 Å². The third kappa shape index (κ3) is 2.44. The van der Waals surface area contributed by atoms with Gasteiger partial charge in [-0.15, -0.1) is 0 Å². The Labute approximate surface area is 121 Å². The maximum Gasteiger partial charge on any atom is 0.194 e. The molecular weight excluding hydrogens is 277 g/mol. The average molecular weight is 292 g/mol. The zero-order chi connectivity index (χ0) is 15.0. The molecule has 5 heteroatoms. The van der Waals surface area contributed by atoms with Gasteiger partial charge in [0.15, 0.2) is 17.5 Å². The molecule has 1 unspecified atom stereocenters. The van der Waals surface area contributed by atoms with Crippen LogP contribution >= 0.6 is 0 Å². The van der Waals surface area contributed by atoms with E-state index in [2.05, 4.69) is 5.32 Å². The Balaban J connectivity index is 1.96. The van der Waals surface area contributed by atoms with Crippen molar-refractivity contribution in [3.63, 3.8) is 0 Å². The van der Waals surface area contributed by atoms with Crippen LogP contribution in [0.15, 0.2) is 36.4 Å². The van der Waals surface area contributed by atoms with E-state index >= 15 is 0 Å². The molecule has 0 radical (unpaired) electrons. The minimum atomic E-state index is -1.41. The molecule has 21 heavy (non-hydrogen) atoms. The highest BCUT2D eigenvalue weighted by molar-refractivity contribution is 5.72. The summed E-state index contributed by atoms with van der Waals surface area (Å²) >= 11 is 0. The second-order valence-electron chi connectivity index (χ2n) is 5.21. The zero-order valence-electron chi connectivity index (χ0n) is 11.5. The number of nitrogens with one attached hydrogen (secondary N) is 1. The minimum absolute atomic E-state index is 0.118. The molecule has 2 nitrogen and oxygen atoms in total. The molecule has 0 saturated heterocycles. The zero-order valence-corrected chi connectivity index (χ0v) is 11.5. The van der Waals surface area contributed by atoms with Gasteiger partial charge in [0, 0.05) is 24.7 Å². The van der Waals surface area contributed by atoms with Crippen molar-refractivity contribution < 1.29 is 13.2 Å². The number of benzene rings is 2. The lowest BCUT2D eigenvalue weighted by Gasteiger charge is -2.37. The lowest BCUT2D eigenvalue weighted by atomic mass is 10.1. The van der Waals surface area contributed by atoms with Gasteiger partial charge in [-0.25, -0.2) is 13.2 Å². The molecule has 2 aromatic carbocycles. The van der Waals surface area contributed by atoms with E-state index in [1.165, 1.54) is 6.07 Å². The van der Waals surface area contributed by atoms with Crippen molar-refractivity contribution in [1.29, 1.82) is 0 Å².